The van der Waals surface area contributed by atoms with Gasteiger partial charge >= 0.3 is 0 Å². The van der Waals surface area contributed by atoms with Gasteiger partial charge in [0.25, 0.3) is 0 Å². The van der Waals surface area contributed by atoms with Crippen LogP contribution in [0.25, 0.3) is 0 Å². The average molecular weight is 398 g/mol. The molecule has 132 valence electrons. The monoisotopic (exact) mass is 397 g/mol. The molecule has 0 atom stereocenters. The van der Waals surface area contributed by atoms with Crippen LogP contribution in [0.2, 0.25) is 10.0 Å². The Bertz CT molecular complexity index is 856. The van der Waals surface area contributed by atoms with E-state index in [4.69, 9.17) is 23.2 Å². The summed E-state index contributed by atoms with van der Waals surface area (Å²) in [5, 5.41) is 0.213. The highest BCUT2D eigenvalue weighted by Gasteiger charge is 2.34. The second-order valence-electron chi connectivity index (χ2n) is 5.96. The van der Waals surface area contributed by atoms with E-state index >= 15 is 0 Å². The minimum atomic E-state index is -3.78. The Morgan fingerprint density at radius 1 is 0.920 bits per heavy atom. The van der Waals surface area contributed by atoms with E-state index in [1.165, 1.54) is 16.4 Å². The zero-order valence-electron chi connectivity index (χ0n) is 13.4. The molecule has 1 aliphatic rings. The minimum absolute atomic E-state index is 0.0634. The molecule has 0 aliphatic carbocycles. The van der Waals surface area contributed by atoms with Crippen LogP contribution in [0.5, 0.6) is 0 Å². The Morgan fingerprint density at radius 3 is 2.04 bits per heavy atom. The first-order valence-corrected chi connectivity index (χ1v) is 10.1. The van der Waals surface area contributed by atoms with Gasteiger partial charge in [0, 0.05) is 24.6 Å². The predicted octanol–water partition coefficient (Wildman–Crippen LogP) is 4.28. The molecule has 0 aromatic heterocycles. The van der Waals surface area contributed by atoms with Crippen molar-refractivity contribution in [1.82, 2.24) is 4.31 Å². The number of rotatable bonds is 4. The lowest BCUT2D eigenvalue weighted by Crippen LogP contribution is -2.40. The summed E-state index contributed by atoms with van der Waals surface area (Å²) in [7, 11) is -3.78. The molecule has 25 heavy (non-hydrogen) atoms. The van der Waals surface area contributed by atoms with Gasteiger partial charge in [-0.05, 0) is 25.0 Å². The third-order valence-electron chi connectivity index (χ3n) is 4.40. The molecule has 1 aliphatic heterocycles. The van der Waals surface area contributed by atoms with E-state index in [1.54, 1.807) is 18.2 Å². The van der Waals surface area contributed by atoms with Gasteiger partial charge in [0.15, 0.2) is 5.78 Å². The molecule has 0 saturated carbocycles. The number of benzene rings is 2. The number of sulfonamides is 1. The maximum Gasteiger partial charge on any atom is 0.246 e. The first kappa shape index (κ1) is 18.4. The normalized spacial score (nSPS) is 16.7. The van der Waals surface area contributed by atoms with E-state index in [-0.39, 0.29) is 39.7 Å². The first-order valence-electron chi connectivity index (χ1n) is 7.94. The van der Waals surface area contributed by atoms with E-state index in [1.807, 2.05) is 18.2 Å². The van der Waals surface area contributed by atoms with E-state index in [2.05, 4.69) is 0 Å². The Labute approximate surface area is 157 Å². The fourth-order valence-electron chi connectivity index (χ4n) is 3.05. The third kappa shape index (κ3) is 3.75. The predicted molar refractivity (Wildman–Crippen MR) is 98.7 cm³/mol. The number of halogens is 2. The summed E-state index contributed by atoms with van der Waals surface area (Å²) >= 11 is 12.1. The SMILES string of the molecule is O=C(c1ccccc1)C1CCN(S(=O)(=O)c2c(Cl)cccc2Cl)CC1. The van der Waals surface area contributed by atoms with E-state index in [0.29, 0.717) is 18.4 Å². The number of Topliss-reactive ketones (excluding diaryl/α,β-unsaturated/α-hetero) is 1. The molecule has 2 aromatic rings. The van der Waals surface area contributed by atoms with Crippen molar-refractivity contribution in [3.63, 3.8) is 0 Å². The van der Waals surface area contributed by atoms with Crippen LogP contribution in [0.15, 0.2) is 53.4 Å². The molecule has 0 unspecified atom stereocenters. The lowest BCUT2D eigenvalue weighted by Gasteiger charge is -2.31. The van der Waals surface area contributed by atoms with Gasteiger partial charge in [0.2, 0.25) is 10.0 Å². The third-order valence-corrected chi connectivity index (χ3v) is 7.25. The minimum Gasteiger partial charge on any atom is -0.294 e. The molecule has 0 amide bonds. The number of hydrogen-bond donors (Lipinski definition) is 0. The van der Waals surface area contributed by atoms with Gasteiger partial charge < -0.3 is 0 Å². The zero-order valence-corrected chi connectivity index (χ0v) is 15.7. The van der Waals surface area contributed by atoms with Gasteiger partial charge in [-0.2, -0.15) is 4.31 Å². The molecule has 1 fully saturated rings. The van der Waals surface area contributed by atoms with Crippen molar-refractivity contribution in [2.24, 2.45) is 5.92 Å². The lowest BCUT2D eigenvalue weighted by atomic mass is 9.90. The number of ketones is 1. The Morgan fingerprint density at radius 2 is 1.48 bits per heavy atom. The second-order valence-corrected chi connectivity index (χ2v) is 8.65. The van der Waals surface area contributed by atoms with Gasteiger partial charge in [0.1, 0.15) is 4.90 Å². The summed E-state index contributed by atoms with van der Waals surface area (Å²) in [6, 6.07) is 13.7. The average Bonchev–Trinajstić information content (AvgIpc) is 2.61. The summed E-state index contributed by atoms with van der Waals surface area (Å²) < 4.78 is 27.1. The Balaban J connectivity index is 1.75. The fourth-order valence-corrected chi connectivity index (χ4v) is 5.62. The molecule has 1 heterocycles. The maximum absolute atomic E-state index is 12.8. The maximum atomic E-state index is 12.8. The van der Waals surface area contributed by atoms with E-state index in [9.17, 15) is 13.2 Å². The molecular weight excluding hydrogens is 381 g/mol. The quantitative estimate of drug-likeness (QED) is 0.723. The van der Waals surface area contributed by atoms with Gasteiger partial charge in [-0.1, -0.05) is 59.6 Å². The number of nitrogens with zero attached hydrogens (tertiary/aromatic N) is 1. The highest BCUT2D eigenvalue weighted by molar-refractivity contribution is 7.89. The Hall–Kier alpha value is -1.40. The van der Waals surface area contributed by atoms with Crippen LogP contribution in [0.1, 0.15) is 23.2 Å². The van der Waals surface area contributed by atoms with E-state index in [0.717, 1.165) is 0 Å². The Kier molecular flexibility index (Phi) is 5.49. The molecule has 0 spiro atoms. The van der Waals surface area contributed by atoms with Gasteiger partial charge in [-0.15, -0.1) is 0 Å². The van der Waals surface area contributed by atoms with Crippen molar-refractivity contribution < 1.29 is 13.2 Å². The summed E-state index contributed by atoms with van der Waals surface area (Å²) in [5.41, 5.74) is 0.665. The van der Waals surface area contributed by atoms with Crippen molar-refractivity contribution in [3.8, 4) is 0 Å². The van der Waals surface area contributed by atoms with Gasteiger partial charge in [0.05, 0.1) is 10.0 Å². The molecule has 7 heteroatoms. The molecule has 0 radical (unpaired) electrons. The second kappa shape index (κ2) is 7.46. The van der Waals surface area contributed by atoms with Crippen LogP contribution in [0.4, 0.5) is 0 Å². The van der Waals surface area contributed by atoms with Crippen molar-refractivity contribution in [3.05, 3.63) is 64.1 Å². The number of carbonyl (C=O) groups is 1. The number of piperidine rings is 1. The van der Waals surface area contributed by atoms with Gasteiger partial charge in [-0.25, -0.2) is 8.42 Å². The smallest absolute Gasteiger partial charge is 0.246 e. The molecule has 2 aromatic carbocycles. The fraction of sp³-hybridized carbons (Fsp3) is 0.278. The molecule has 4 nitrogen and oxygen atoms in total. The molecule has 0 bridgehead atoms. The first-order chi connectivity index (χ1) is 11.9. The molecule has 3 rings (SSSR count). The van der Waals surface area contributed by atoms with E-state index < -0.39 is 10.0 Å². The topological polar surface area (TPSA) is 54.5 Å². The van der Waals surface area contributed by atoms with Crippen LogP contribution < -0.4 is 0 Å². The zero-order chi connectivity index (χ0) is 18.0. The lowest BCUT2D eigenvalue weighted by molar-refractivity contribution is 0.0875. The molecule has 1 saturated heterocycles. The van der Waals surface area contributed by atoms with Crippen LogP contribution in [0.3, 0.4) is 0 Å². The van der Waals surface area contributed by atoms with Gasteiger partial charge in [-0.3, -0.25) is 4.79 Å². The van der Waals surface area contributed by atoms with Crippen LogP contribution in [-0.2, 0) is 10.0 Å². The summed E-state index contributed by atoms with van der Waals surface area (Å²) in [4.78, 5) is 12.5. The number of carbonyl (C=O) groups excluding carboxylic acids is 1. The van der Waals surface area contributed by atoms with Crippen LogP contribution in [0, 0.1) is 5.92 Å². The largest absolute Gasteiger partial charge is 0.294 e. The summed E-state index contributed by atoms with van der Waals surface area (Å²) in [6.07, 6.45) is 0.962. The standard InChI is InChI=1S/C18H17Cl2NO3S/c19-15-7-4-8-16(20)18(15)25(23,24)21-11-9-14(10-12-21)17(22)13-5-2-1-3-6-13/h1-8,14H,9-12H2. The summed E-state index contributed by atoms with van der Waals surface area (Å²) in [6.45, 7) is 0.542. The molecule has 0 N–H and O–H groups in total. The van der Waals surface area contributed by atoms with Crippen molar-refractivity contribution in [1.29, 1.82) is 0 Å². The van der Waals surface area contributed by atoms with Crippen molar-refractivity contribution in [2.45, 2.75) is 17.7 Å². The van der Waals surface area contributed by atoms with Crippen LogP contribution >= 0.6 is 23.2 Å². The highest BCUT2D eigenvalue weighted by Crippen LogP contribution is 2.33. The highest BCUT2D eigenvalue weighted by atomic mass is 35.5. The van der Waals surface area contributed by atoms with Crippen molar-refractivity contribution in [2.75, 3.05) is 13.1 Å². The number of hydrogen-bond acceptors (Lipinski definition) is 3. The molecular formula is C18H17Cl2NO3S. The van der Waals surface area contributed by atoms with Crippen LogP contribution in [-0.4, -0.2) is 31.6 Å². The van der Waals surface area contributed by atoms with Crippen molar-refractivity contribution >= 4 is 39.0 Å². The summed E-state index contributed by atoms with van der Waals surface area (Å²) in [5.74, 6) is -0.107.